The van der Waals surface area contributed by atoms with Crippen molar-refractivity contribution in [3.63, 3.8) is 0 Å². The van der Waals surface area contributed by atoms with E-state index < -0.39 is 22.1 Å². The van der Waals surface area contributed by atoms with Gasteiger partial charge in [0.2, 0.25) is 10.0 Å². The van der Waals surface area contributed by atoms with E-state index in [4.69, 9.17) is 5.11 Å². The fourth-order valence-electron chi connectivity index (χ4n) is 1.88. The van der Waals surface area contributed by atoms with E-state index in [1.165, 1.54) is 10.5 Å². The fraction of sp³-hybridized carbons (Fsp3) is 0.500. The quantitative estimate of drug-likeness (QED) is 0.710. The minimum atomic E-state index is -3.67. The van der Waals surface area contributed by atoms with Crippen molar-refractivity contribution < 1.29 is 23.4 Å². The lowest BCUT2D eigenvalue weighted by atomic mass is 10.1. The smallest absolute Gasteiger partial charge is 0.352 e. The van der Waals surface area contributed by atoms with Crippen LogP contribution in [0.2, 0.25) is 0 Å². The standard InChI is InChI=1S/C10H14N2O5S/c13-7-1-3-12(4-2-7)18(16,17)8-5-9(10(14)15)11-6-8/h5-7,11,13H,1-4H2,(H,14,15). The van der Waals surface area contributed by atoms with E-state index in [2.05, 4.69) is 4.98 Å². The summed E-state index contributed by atoms with van der Waals surface area (Å²) in [5.74, 6) is -1.20. The van der Waals surface area contributed by atoms with Crippen molar-refractivity contribution in [1.82, 2.24) is 9.29 Å². The number of carbonyl (C=O) groups is 1. The molecule has 7 nitrogen and oxygen atoms in total. The van der Waals surface area contributed by atoms with Crippen molar-refractivity contribution in [2.75, 3.05) is 13.1 Å². The molecular weight excluding hydrogens is 260 g/mol. The summed E-state index contributed by atoms with van der Waals surface area (Å²) in [6, 6.07) is 1.10. The monoisotopic (exact) mass is 274 g/mol. The van der Waals surface area contributed by atoms with Gasteiger partial charge in [0.1, 0.15) is 10.6 Å². The van der Waals surface area contributed by atoms with Gasteiger partial charge in [0.15, 0.2) is 0 Å². The topological polar surface area (TPSA) is 111 Å². The Morgan fingerprint density at radius 1 is 1.39 bits per heavy atom. The second kappa shape index (κ2) is 4.71. The summed E-state index contributed by atoms with van der Waals surface area (Å²) < 4.78 is 25.6. The molecule has 0 atom stereocenters. The average Bonchev–Trinajstić information content (AvgIpc) is 2.79. The molecule has 3 N–H and O–H groups in total. The van der Waals surface area contributed by atoms with Crippen LogP contribution in [-0.4, -0.2) is 53.1 Å². The molecule has 2 rings (SSSR count). The molecule has 2 heterocycles. The molecule has 0 spiro atoms. The van der Waals surface area contributed by atoms with Gasteiger partial charge in [0.05, 0.1) is 6.10 Å². The van der Waals surface area contributed by atoms with E-state index in [9.17, 15) is 18.3 Å². The lowest BCUT2D eigenvalue weighted by Crippen LogP contribution is -2.39. The number of H-pyrrole nitrogens is 1. The highest BCUT2D eigenvalue weighted by atomic mass is 32.2. The van der Waals surface area contributed by atoms with Crippen LogP contribution < -0.4 is 0 Å². The first-order valence-electron chi connectivity index (χ1n) is 5.51. The van der Waals surface area contributed by atoms with Crippen LogP contribution in [-0.2, 0) is 10.0 Å². The van der Waals surface area contributed by atoms with Gasteiger partial charge in [-0.2, -0.15) is 4.31 Å². The minimum absolute atomic E-state index is 0.0590. The third-order valence-corrected chi connectivity index (χ3v) is 4.82. The van der Waals surface area contributed by atoms with E-state index in [1.807, 2.05) is 0 Å². The van der Waals surface area contributed by atoms with Gasteiger partial charge in [-0.25, -0.2) is 13.2 Å². The van der Waals surface area contributed by atoms with E-state index >= 15 is 0 Å². The number of aromatic nitrogens is 1. The van der Waals surface area contributed by atoms with Crippen LogP contribution in [0, 0.1) is 0 Å². The van der Waals surface area contributed by atoms with Crippen molar-refractivity contribution in [2.24, 2.45) is 0 Å². The summed E-state index contributed by atoms with van der Waals surface area (Å²) in [5, 5.41) is 18.1. The third-order valence-electron chi connectivity index (χ3n) is 2.95. The summed E-state index contributed by atoms with van der Waals surface area (Å²) in [5.41, 5.74) is -0.161. The number of aromatic amines is 1. The van der Waals surface area contributed by atoms with Crippen LogP contribution in [0.25, 0.3) is 0 Å². The molecule has 18 heavy (non-hydrogen) atoms. The zero-order chi connectivity index (χ0) is 13.3. The Hall–Kier alpha value is -1.38. The number of aliphatic hydroxyl groups excluding tert-OH is 1. The van der Waals surface area contributed by atoms with Crippen LogP contribution in [0.4, 0.5) is 0 Å². The van der Waals surface area contributed by atoms with Crippen molar-refractivity contribution in [2.45, 2.75) is 23.8 Å². The summed E-state index contributed by atoms with van der Waals surface area (Å²) in [6.07, 6.45) is 1.51. The highest BCUT2D eigenvalue weighted by Gasteiger charge is 2.29. The Bertz CT molecular complexity index is 542. The second-order valence-electron chi connectivity index (χ2n) is 4.19. The minimum Gasteiger partial charge on any atom is -0.477 e. The number of hydrogen-bond acceptors (Lipinski definition) is 4. The van der Waals surface area contributed by atoms with Crippen LogP contribution in [0.1, 0.15) is 23.3 Å². The third kappa shape index (κ3) is 2.40. The van der Waals surface area contributed by atoms with Crippen LogP contribution in [0.15, 0.2) is 17.2 Å². The first-order chi connectivity index (χ1) is 8.41. The molecule has 0 amide bonds. The summed E-state index contributed by atoms with van der Waals surface area (Å²) >= 11 is 0. The van der Waals surface area contributed by atoms with Crippen molar-refractivity contribution in [3.05, 3.63) is 18.0 Å². The number of carboxylic acids is 1. The molecular formula is C10H14N2O5S. The lowest BCUT2D eigenvalue weighted by molar-refractivity contribution is 0.0691. The van der Waals surface area contributed by atoms with E-state index in [1.54, 1.807) is 0 Å². The summed E-state index contributed by atoms with van der Waals surface area (Å²) in [4.78, 5) is 13.0. The molecule has 0 aliphatic carbocycles. The van der Waals surface area contributed by atoms with Gasteiger partial charge in [-0.3, -0.25) is 0 Å². The Morgan fingerprint density at radius 3 is 2.50 bits per heavy atom. The Labute approximate surface area is 104 Å². The molecule has 0 unspecified atom stereocenters. The van der Waals surface area contributed by atoms with Gasteiger partial charge in [0.25, 0.3) is 0 Å². The Morgan fingerprint density at radius 2 is 2.00 bits per heavy atom. The van der Waals surface area contributed by atoms with Gasteiger partial charge in [-0.05, 0) is 18.9 Å². The molecule has 1 saturated heterocycles. The maximum absolute atomic E-state index is 12.2. The molecule has 8 heteroatoms. The average molecular weight is 274 g/mol. The van der Waals surface area contributed by atoms with Gasteiger partial charge >= 0.3 is 5.97 Å². The SMILES string of the molecule is O=C(O)c1cc(S(=O)(=O)N2CCC(O)CC2)c[nH]1. The Balaban J connectivity index is 2.22. The molecule has 0 saturated carbocycles. The van der Waals surface area contributed by atoms with Crippen molar-refractivity contribution in [1.29, 1.82) is 0 Å². The molecule has 1 aromatic heterocycles. The van der Waals surface area contributed by atoms with Gasteiger partial charge in [-0.15, -0.1) is 0 Å². The molecule has 1 aliphatic heterocycles. The lowest BCUT2D eigenvalue weighted by Gasteiger charge is -2.28. The van der Waals surface area contributed by atoms with Crippen LogP contribution in [0.3, 0.4) is 0 Å². The number of piperidine rings is 1. The number of carboxylic acid groups (broad SMARTS) is 1. The first-order valence-corrected chi connectivity index (χ1v) is 6.95. The zero-order valence-corrected chi connectivity index (χ0v) is 10.4. The van der Waals surface area contributed by atoms with Gasteiger partial charge in [0, 0.05) is 19.3 Å². The molecule has 1 aromatic rings. The number of sulfonamides is 1. The number of nitrogens with zero attached hydrogens (tertiary/aromatic N) is 1. The molecule has 0 radical (unpaired) electrons. The highest BCUT2D eigenvalue weighted by molar-refractivity contribution is 7.89. The predicted octanol–water partition coefficient (Wildman–Crippen LogP) is -0.142. The number of aromatic carboxylic acids is 1. The number of nitrogens with one attached hydrogen (secondary N) is 1. The Kier molecular flexibility index (Phi) is 3.42. The molecule has 100 valence electrons. The summed E-state index contributed by atoms with van der Waals surface area (Å²) in [6.45, 7) is 0.494. The van der Waals surface area contributed by atoms with E-state index in [-0.39, 0.29) is 23.7 Å². The summed E-state index contributed by atoms with van der Waals surface area (Å²) in [7, 11) is -3.67. The van der Waals surface area contributed by atoms with Crippen LogP contribution in [0.5, 0.6) is 0 Å². The van der Waals surface area contributed by atoms with Gasteiger partial charge in [-0.1, -0.05) is 0 Å². The normalized spacial score (nSPS) is 18.9. The number of aliphatic hydroxyl groups is 1. The maximum Gasteiger partial charge on any atom is 0.352 e. The molecule has 1 fully saturated rings. The predicted molar refractivity (Wildman–Crippen MR) is 61.8 cm³/mol. The van der Waals surface area contributed by atoms with Crippen LogP contribution >= 0.6 is 0 Å². The van der Waals surface area contributed by atoms with Crippen molar-refractivity contribution >= 4 is 16.0 Å². The van der Waals surface area contributed by atoms with Crippen molar-refractivity contribution in [3.8, 4) is 0 Å². The second-order valence-corrected chi connectivity index (χ2v) is 6.13. The van der Waals surface area contributed by atoms with E-state index in [0.717, 1.165) is 6.07 Å². The zero-order valence-electron chi connectivity index (χ0n) is 9.54. The first kappa shape index (κ1) is 13.1. The van der Waals surface area contributed by atoms with E-state index in [0.29, 0.717) is 12.8 Å². The molecule has 0 bridgehead atoms. The maximum atomic E-state index is 12.2. The largest absolute Gasteiger partial charge is 0.477 e. The number of rotatable bonds is 3. The highest BCUT2D eigenvalue weighted by Crippen LogP contribution is 2.21. The molecule has 1 aliphatic rings. The molecule has 0 aromatic carbocycles. The number of hydrogen-bond donors (Lipinski definition) is 3. The fourth-order valence-corrected chi connectivity index (χ4v) is 3.34. The van der Waals surface area contributed by atoms with Gasteiger partial charge < -0.3 is 15.2 Å².